The maximum atomic E-state index is 13.0. The third kappa shape index (κ3) is 4.95. The molecule has 154 valence electrons. The van der Waals surface area contributed by atoms with Crippen molar-refractivity contribution in [2.24, 2.45) is 5.92 Å². The summed E-state index contributed by atoms with van der Waals surface area (Å²) in [5.74, 6) is 1.42. The van der Waals surface area contributed by atoms with Crippen LogP contribution in [0.15, 0.2) is 12.1 Å². The molecule has 0 spiro atoms. The SMILES string of the molecule is COc1cc(NC(=O)CCC2CCNCC2)c(C(=O)N2CCCC2)cc1OC. The van der Waals surface area contributed by atoms with Gasteiger partial charge in [-0.2, -0.15) is 0 Å². The van der Waals surface area contributed by atoms with E-state index in [0.717, 1.165) is 58.3 Å². The van der Waals surface area contributed by atoms with Crippen LogP contribution >= 0.6 is 0 Å². The summed E-state index contributed by atoms with van der Waals surface area (Å²) < 4.78 is 10.7. The lowest BCUT2D eigenvalue weighted by molar-refractivity contribution is -0.116. The predicted octanol–water partition coefficient (Wildman–Crippen LogP) is 2.66. The molecular formula is C21H31N3O4. The van der Waals surface area contributed by atoms with E-state index in [1.807, 2.05) is 4.90 Å². The Labute approximate surface area is 166 Å². The van der Waals surface area contributed by atoms with Gasteiger partial charge in [0, 0.05) is 25.6 Å². The number of carbonyl (C=O) groups excluding carboxylic acids is 2. The highest BCUT2D eigenvalue weighted by Crippen LogP contribution is 2.34. The first-order valence-electron chi connectivity index (χ1n) is 10.2. The maximum absolute atomic E-state index is 13.0. The summed E-state index contributed by atoms with van der Waals surface area (Å²) in [6.07, 6.45) is 5.57. The Morgan fingerprint density at radius 1 is 1.11 bits per heavy atom. The van der Waals surface area contributed by atoms with Gasteiger partial charge in [0.05, 0.1) is 25.5 Å². The highest BCUT2D eigenvalue weighted by Gasteiger charge is 2.25. The van der Waals surface area contributed by atoms with Gasteiger partial charge in [-0.3, -0.25) is 9.59 Å². The van der Waals surface area contributed by atoms with Crippen LogP contribution in [0.1, 0.15) is 48.9 Å². The molecule has 2 heterocycles. The zero-order valence-corrected chi connectivity index (χ0v) is 16.9. The Morgan fingerprint density at radius 3 is 2.39 bits per heavy atom. The molecule has 0 atom stereocenters. The number of carbonyl (C=O) groups is 2. The second kappa shape index (κ2) is 9.78. The van der Waals surface area contributed by atoms with Crippen molar-refractivity contribution in [3.63, 3.8) is 0 Å². The number of likely N-dealkylation sites (tertiary alicyclic amines) is 1. The molecule has 0 aliphatic carbocycles. The van der Waals surface area contributed by atoms with E-state index in [0.29, 0.717) is 35.1 Å². The lowest BCUT2D eigenvalue weighted by Crippen LogP contribution is -2.29. The van der Waals surface area contributed by atoms with Crippen LogP contribution < -0.4 is 20.1 Å². The summed E-state index contributed by atoms with van der Waals surface area (Å²) in [5.41, 5.74) is 0.944. The standard InChI is InChI=1S/C21H31N3O4/c1-27-18-13-16(21(26)24-11-3-4-12-24)17(14-19(18)28-2)23-20(25)6-5-15-7-9-22-10-8-15/h13-15,22H,3-12H2,1-2H3,(H,23,25). The number of amides is 2. The summed E-state index contributed by atoms with van der Waals surface area (Å²) in [4.78, 5) is 27.4. The number of anilines is 1. The normalized spacial score (nSPS) is 17.4. The maximum Gasteiger partial charge on any atom is 0.256 e. The van der Waals surface area contributed by atoms with Crippen molar-refractivity contribution in [3.8, 4) is 11.5 Å². The van der Waals surface area contributed by atoms with Gasteiger partial charge in [-0.1, -0.05) is 0 Å². The van der Waals surface area contributed by atoms with Gasteiger partial charge in [-0.25, -0.2) is 0 Å². The van der Waals surface area contributed by atoms with E-state index in [1.54, 1.807) is 26.4 Å². The summed E-state index contributed by atoms with van der Waals surface area (Å²) in [6.45, 7) is 3.54. The number of hydrogen-bond acceptors (Lipinski definition) is 5. The van der Waals surface area contributed by atoms with E-state index in [4.69, 9.17) is 9.47 Å². The first-order valence-corrected chi connectivity index (χ1v) is 10.2. The highest BCUT2D eigenvalue weighted by molar-refractivity contribution is 6.04. The average Bonchev–Trinajstić information content (AvgIpc) is 3.27. The second-order valence-corrected chi connectivity index (χ2v) is 7.53. The molecule has 2 aliphatic heterocycles. The number of ether oxygens (including phenoxy) is 2. The molecule has 0 bridgehead atoms. The Bertz CT molecular complexity index is 695. The van der Waals surface area contributed by atoms with E-state index in [9.17, 15) is 9.59 Å². The van der Waals surface area contributed by atoms with Gasteiger partial charge in [0.15, 0.2) is 11.5 Å². The number of benzene rings is 1. The Hall–Kier alpha value is -2.28. The van der Waals surface area contributed by atoms with Crippen LogP contribution in [-0.2, 0) is 4.79 Å². The van der Waals surface area contributed by atoms with Crippen molar-refractivity contribution in [1.29, 1.82) is 0 Å². The Kier molecular flexibility index (Phi) is 7.14. The lowest BCUT2D eigenvalue weighted by atomic mass is 9.93. The first-order chi connectivity index (χ1) is 13.6. The topological polar surface area (TPSA) is 79.9 Å². The van der Waals surface area contributed by atoms with Gasteiger partial charge in [0.1, 0.15) is 0 Å². The molecule has 3 rings (SSSR count). The number of rotatable bonds is 7. The molecule has 7 heteroatoms. The summed E-state index contributed by atoms with van der Waals surface area (Å²) >= 11 is 0. The van der Waals surface area contributed by atoms with Crippen LogP contribution in [0.2, 0.25) is 0 Å². The van der Waals surface area contributed by atoms with Gasteiger partial charge in [0.2, 0.25) is 5.91 Å². The van der Waals surface area contributed by atoms with Gasteiger partial charge in [-0.05, 0) is 57.2 Å². The largest absolute Gasteiger partial charge is 0.493 e. The molecule has 2 amide bonds. The van der Waals surface area contributed by atoms with Crippen molar-refractivity contribution in [2.45, 2.75) is 38.5 Å². The van der Waals surface area contributed by atoms with E-state index in [-0.39, 0.29) is 11.8 Å². The van der Waals surface area contributed by atoms with E-state index >= 15 is 0 Å². The minimum atomic E-state index is -0.0768. The van der Waals surface area contributed by atoms with Crippen molar-refractivity contribution in [3.05, 3.63) is 17.7 Å². The highest BCUT2D eigenvalue weighted by atomic mass is 16.5. The molecule has 1 aromatic rings. The van der Waals surface area contributed by atoms with Crippen LogP contribution in [0.4, 0.5) is 5.69 Å². The van der Waals surface area contributed by atoms with Crippen molar-refractivity contribution in [1.82, 2.24) is 10.2 Å². The molecule has 7 nitrogen and oxygen atoms in total. The minimum absolute atomic E-state index is 0.0683. The predicted molar refractivity (Wildman–Crippen MR) is 108 cm³/mol. The first kappa shape index (κ1) is 20.5. The molecule has 0 unspecified atom stereocenters. The Morgan fingerprint density at radius 2 is 1.75 bits per heavy atom. The zero-order chi connectivity index (χ0) is 19.9. The fraction of sp³-hybridized carbons (Fsp3) is 0.619. The molecule has 0 saturated carbocycles. The number of methoxy groups -OCH3 is 2. The van der Waals surface area contributed by atoms with Gasteiger partial charge < -0.3 is 25.0 Å². The second-order valence-electron chi connectivity index (χ2n) is 7.53. The lowest BCUT2D eigenvalue weighted by Gasteiger charge is -2.22. The van der Waals surface area contributed by atoms with E-state index in [1.165, 1.54) is 0 Å². The van der Waals surface area contributed by atoms with Crippen LogP contribution in [0.5, 0.6) is 11.5 Å². The number of piperidine rings is 1. The molecule has 0 aromatic heterocycles. The summed E-state index contributed by atoms with van der Waals surface area (Å²) in [6, 6.07) is 3.35. The molecule has 2 aliphatic rings. The molecular weight excluding hydrogens is 358 g/mol. The molecule has 2 saturated heterocycles. The van der Waals surface area contributed by atoms with Crippen molar-refractivity contribution in [2.75, 3.05) is 45.7 Å². The molecule has 2 N–H and O–H groups in total. The average molecular weight is 389 g/mol. The number of hydrogen-bond donors (Lipinski definition) is 2. The minimum Gasteiger partial charge on any atom is -0.493 e. The number of nitrogens with zero attached hydrogens (tertiary/aromatic N) is 1. The van der Waals surface area contributed by atoms with Crippen LogP contribution in [0.3, 0.4) is 0 Å². The third-order valence-electron chi connectivity index (χ3n) is 5.66. The third-order valence-corrected chi connectivity index (χ3v) is 5.66. The number of nitrogens with one attached hydrogen (secondary N) is 2. The fourth-order valence-corrected chi connectivity index (χ4v) is 3.97. The molecule has 2 fully saturated rings. The monoisotopic (exact) mass is 389 g/mol. The van der Waals surface area contributed by atoms with Crippen molar-refractivity contribution >= 4 is 17.5 Å². The fourth-order valence-electron chi connectivity index (χ4n) is 3.97. The van der Waals surface area contributed by atoms with Gasteiger partial charge in [0.25, 0.3) is 5.91 Å². The quantitative estimate of drug-likeness (QED) is 0.749. The van der Waals surface area contributed by atoms with Gasteiger partial charge in [-0.15, -0.1) is 0 Å². The van der Waals surface area contributed by atoms with E-state index < -0.39 is 0 Å². The molecule has 0 radical (unpaired) electrons. The van der Waals surface area contributed by atoms with Crippen LogP contribution in [0.25, 0.3) is 0 Å². The smallest absolute Gasteiger partial charge is 0.256 e. The van der Waals surface area contributed by atoms with E-state index in [2.05, 4.69) is 10.6 Å². The molecule has 28 heavy (non-hydrogen) atoms. The summed E-state index contributed by atoms with van der Waals surface area (Å²) in [7, 11) is 3.09. The van der Waals surface area contributed by atoms with Crippen LogP contribution in [-0.4, -0.2) is 57.1 Å². The Balaban J connectivity index is 1.74. The van der Waals surface area contributed by atoms with Crippen LogP contribution in [0, 0.1) is 5.92 Å². The van der Waals surface area contributed by atoms with Crippen molar-refractivity contribution < 1.29 is 19.1 Å². The van der Waals surface area contributed by atoms with Gasteiger partial charge >= 0.3 is 0 Å². The summed E-state index contributed by atoms with van der Waals surface area (Å²) in [5, 5.41) is 6.29. The molecule has 1 aromatic carbocycles. The zero-order valence-electron chi connectivity index (χ0n) is 16.9.